The fourth-order valence-electron chi connectivity index (χ4n) is 9.18. The zero-order chi connectivity index (χ0) is 56.4. The number of aromatic nitrogens is 5. The summed E-state index contributed by atoms with van der Waals surface area (Å²) >= 11 is 0. The lowest BCUT2D eigenvalue weighted by molar-refractivity contribution is -0.136. The van der Waals surface area contributed by atoms with E-state index in [0.29, 0.717) is 133 Å². The second kappa shape index (κ2) is 28.6. The number of piperazine rings is 1. The van der Waals surface area contributed by atoms with Crippen LogP contribution in [0.1, 0.15) is 53.1 Å². The number of amides is 5. The Morgan fingerprint density at radius 3 is 2.02 bits per heavy atom. The van der Waals surface area contributed by atoms with Crippen LogP contribution in [0, 0.1) is 0 Å². The molecule has 1 unspecified atom stereocenters. The third-order valence-corrected chi connectivity index (χ3v) is 13.2. The van der Waals surface area contributed by atoms with Gasteiger partial charge in [-0.25, -0.2) is 19.3 Å². The molecule has 2 saturated heterocycles. The highest BCUT2D eigenvalue weighted by Crippen LogP contribution is 2.32. The fourth-order valence-corrected chi connectivity index (χ4v) is 9.18. The fraction of sp³-hybridized carbons (Fsp3) is 0.473. The van der Waals surface area contributed by atoms with Gasteiger partial charge in [-0.05, 0) is 68.8 Å². The van der Waals surface area contributed by atoms with Gasteiger partial charge in [0.25, 0.3) is 17.4 Å². The number of ether oxygens (including phenoxy) is 6. The maximum atomic E-state index is 13.4. The van der Waals surface area contributed by atoms with Crippen molar-refractivity contribution in [2.24, 2.45) is 0 Å². The van der Waals surface area contributed by atoms with Gasteiger partial charge in [-0.1, -0.05) is 18.2 Å². The molecule has 5 amide bonds. The number of rotatable bonds is 32. The molecule has 2 fully saturated rings. The normalized spacial score (nSPS) is 15.9. The van der Waals surface area contributed by atoms with Crippen LogP contribution in [-0.4, -0.2) is 200 Å². The zero-order valence-electron chi connectivity index (χ0n) is 45.2. The molecule has 25 heteroatoms. The average Bonchev–Trinajstić information content (AvgIpc) is 3.97. The summed E-state index contributed by atoms with van der Waals surface area (Å²) in [6.45, 7) is 16.1. The molecule has 3 aromatic heterocycles. The Morgan fingerprint density at radius 2 is 1.40 bits per heavy atom. The lowest BCUT2D eigenvalue weighted by atomic mass is 10.0. The topological polar surface area (TPSA) is 284 Å². The number of aliphatic hydroxyl groups is 1. The van der Waals surface area contributed by atoms with Gasteiger partial charge in [-0.15, -0.1) is 6.58 Å². The standard InChI is InChI=1S/C55H70N12O13/c1-4-19-65-51(71)41-36-58-54(62-49(41)67(65)45-10-6-9-44(60-45)55(2,3)74)59-38-11-13-39(14-12-38)64-22-20-63(21-23-64)37-47(69)57-18-25-76-27-29-78-31-33-80-35-34-79-32-30-77-28-26-75-24-17-56-42-8-5-7-40-48(42)53(73)66(52(40)72)43-15-16-46(68)61-50(43)70/h4-14,36,43,56,74H,1,15-35,37H2,2-3H3,(H,57,69)(H,58,59,62)(H,61,68,70). The summed E-state index contributed by atoms with van der Waals surface area (Å²) in [6, 6.07) is 17.1. The Balaban J connectivity index is 0.598. The summed E-state index contributed by atoms with van der Waals surface area (Å²) in [5.41, 5.74) is 2.02. The van der Waals surface area contributed by atoms with Gasteiger partial charge >= 0.3 is 0 Å². The van der Waals surface area contributed by atoms with E-state index in [0.717, 1.165) is 42.5 Å². The summed E-state index contributed by atoms with van der Waals surface area (Å²) in [7, 11) is 0. The second-order valence-corrected chi connectivity index (χ2v) is 19.4. The summed E-state index contributed by atoms with van der Waals surface area (Å²) in [5.74, 6) is -1.54. The van der Waals surface area contributed by atoms with Crippen molar-refractivity contribution in [2.75, 3.05) is 141 Å². The summed E-state index contributed by atoms with van der Waals surface area (Å²) in [4.78, 5) is 95.4. The van der Waals surface area contributed by atoms with Crippen LogP contribution < -0.4 is 31.7 Å². The van der Waals surface area contributed by atoms with E-state index in [1.54, 1.807) is 61.0 Å². The molecule has 428 valence electrons. The quantitative estimate of drug-likeness (QED) is 0.0234. The van der Waals surface area contributed by atoms with E-state index >= 15 is 0 Å². The number of pyridine rings is 1. The number of nitrogens with zero attached hydrogens (tertiary/aromatic N) is 8. The van der Waals surface area contributed by atoms with Crippen LogP contribution in [0.15, 0.2) is 84.3 Å². The highest BCUT2D eigenvalue weighted by molar-refractivity contribution is 6.25. The molecule has 8 rings (SSSR count). The lowest BCUT2D eigenvalue weighted by Gasteiger charge is -2.35. The lowest BCUT2D eigenvalue weighted by Crippen LogP contribution is -2.54. The van der Waals surface area contributed by atoms with Crippen molar-refractivity contribution in [2.45, 2.75) is 44.9 Å². The van der Waals surface area contributed by atoms with Gasteiger partial charge in [0.1, 0.15) is 17.0 Å². The predicted octanol–water partition coefficient (Wildman–Crippen LogP) is 1.99. The van der Waals surface area contributed by atoms with E-state index in [2.05, 4.69) is 47.6 Å². The molecule has 2 aromatic carbocycles. The van der Waals surface area contributed by atoms with Crippen LogP contribution >= 0.6 is 0 Å². The van der Waals surface area contributed by atoms with Crippen LogP contribution in [0.2, 0.25) is 0 Å². The number of benzene rings is 2. The van der Waals surface area contributed by atoms with Gasteiger partial charge in [0.15, 0.2) is 11.5 Å². The third kappa shape index (κ3) is 15.4. The number of piperidine rings is 1. The number of hydrogen-bond acceptors (Lipinski definition) is 20. The molecule has 0 spiro atoms. The molecule has 5 N–H and O–H groups in total. The van der Waals surface area contributed by atoms with Gasteiger partial charge in [-0.2, -0.15) is 4.98 Å². The van der Waals surface area contributed by atoms with E-state index in [9.17, 15) is 33.9 Å². The Labute approximate surface area is 462 Å². The molecule has 0 aliphatic carbocycles. The second-order valence-electron chi connectivity index (χ2n) is 19.4. The first-order valence-electron chi connectivity index (χ1n) is 26.8. The van der Waals surface area contributed by atoms with Gasteiger partial charge in [-0.3, -0.25) is 43.9 Å². The Bertz CT molecular complexity index is 3010. The van der Waals surface area contributed by atoms with Gasteiger partial charge < -0.3 is 54.4 Å². The van der Waals surface area contributed by atoms with E-state index in [1.807, 2.05) is 24.3 Å². The minimum atomic E-state index is -1.19. The molecule has 25 nitrogen and oxygen atoms in total. The zero-order valence-corrected chi connectivity index (χ0v) is 45.2. The monoisotopic (exact) mass is 1110 g/mol. The van der Waals surface area contributed by atoms with Crippen LogP contribution in [0.5, 0.6) is 0 Å². The third-order valence-electron chi connectivity index (χ3n) is 13.2. The smallest absolute Gasteiger partial charge is 0.278 e. The van der Waals surface area contributed by atoms with Crippen molar-refractivity contribution in [1.29, 1.82) is 0 Å². The number of carbonyl (C=O) groups is 5. The van der Waals surface area contributed by atoms with Crippen LogP contribution in [0.3, 0.4) is 0 Å². The number of imide groups is 2. The van der Waals surface area contributed by atoms with E-state index in [-0.39, 0.29) is 42.0 Å². The van der Waals surface area contributed by atoms with Crippen molar-refractivity contribution in [1.82, 2.24) is 44.7 Å². The Morgan fingerprint density at radius 1 is 0.775 bits per heavy atom. The Hall–Kier alpha value is -7.49. The molecule has 3 aliphatic heterocycles. The largest absolute Gasteiger partial charge is 0.384 e. The summed E-state index contributed by atoms with van der Waals surface area (Å²) in [6.07, 6.45) is 3.26. The van der Waals surface area contributed by atoms with Crippen molar-refractivity contribution >= 4 is 63.6 Å². The van der Waals surface area contributed by atoms with Gasteiger partial charge in [0.2, 0.25) is 23.7 Å². The molecule has 0 radical (unpaired) electrons. The number of nitrogens with one attached hydrogen (secondary N) is 4. The number of anilines is 4. The van der Waals surface area contributed by atoms with Crippen LogP contribution in [-0.2, 0) is 55.0 Å². The molecule has 0 bridgehead atoms. The first kappa shape index (κ1) is 58.7. The minimum Gasteiger partial charge on any atom is -0.384 e. The molecule has 0 saturated carbocycles. The molecule has 80 heavy (non-hydrogen) atoms. The predicted molar refractivity (Wildman–Crippen MR) is 294 cm³/mol. The van der Waals surface area contributed by atoms with E-state index in [4.69, 9.17) is 33.4 Å². The van der Waals surface area contributed by atoms with Crippen molar-refractivity contribution < 1.29 is 57.5 Å². The summed E-state index contributed by atoms with van der Waals surface area (Å²) in [5, 5.41) is 22.5. The molecular weight excluding hydrogens is 1040 g/mol. The number of hydrogen-bond donors (Lipinski definition) is 5. The minimum absolute atomic E-state index is 0.0533. The number of allylic oxidation sites excluding steroid dienone is 1. The van der Waals surface area contributed by atoms with Crippen molar-refractivity contribution in [3.8, 4) is 5.82 Å². The van der Waals surface area contributed by atoms with Crippen LogP contribution in [0.4, 0.5) is 23.0 Å². The first-order valence-corrected chi connectivity index (χ1v) is 26.8. The van der Waals surface area contributed by atoms with E-state index in [1.165, 1.54) is 10.9 Å². The average molecular weight is 1110 g/mol. The summed E-state index contributed by atoms with van der Waals surface area (Å²) < 4.78 is 36.6. The first-order chi connectivity index (χ1) is 38.8. The number of carbonyl (C=O) groups excluding carboxylic acids is 5. The van der Waals surface area contributed by atoms with Crippen molar-refractivity contribution in [3.63, 3.8) is 0 Å². The molecule has 5 aromatic rings. The number of fused-ring (bicyclic) bond motifs is 2. The SMILES string of the molecule is C=CCn1c(=O)c2cnc(Nc3ccc(N4CCN(CC(=O)NCCOCCOCCOCCOCCOCCOCCNc5cccc6c5C(=O)N(C5CCC(=O)NC5=O)C6=O)CC4)cc3)nc2n1-c1cccc(C(C)(C)O)n1. The highest BCUT2D eigenvalue weighted by Gasteiger charge is 2.45. The molecular formula is C55H70N12O13. The van der Waals surface area contributed by atoms with Crippen molar-refractivity contribution in [3.05, 3.63) is 107 Å². The molecule has 6 heterocycles. The highest BCUT2D eigenvalue weighted by atomic mass is 16.6. The van der Waals surface area contributed by atoms with Crippen LogP contribution in [0.25, 0.3) is 16.9 Å². The molecule has 1 atom stereocenters. The Kier molecular flexibility index (Phi) is 21.0. The van der Waals surface area contributed by atoms with Gasteiger partial charge in [0, 0.05) is 68.9 Å². The maximum absolute atomic E-state index is 13.4. The van der Waals surface area contributed by atoms with Gasteiger partial charge in [0.05, 0.1) is 109 Å². The van der Waals surface area contributed by atoms with E-state index < -0.39 is 35.3 Å². The maximum Gasteiger partial charge on any atom is 0.278 e. The molecule has 3 aliphatic rings.